The Morgan fingerprint density at radius 2 is 2.05 bits per heavy atom. The van der Waals surface area contributed by atoms with Crippen LogP contribution in [0.25, 0.3) is 0 Å². The Labute approximate surface area is 127 Å². The first-order chi connectivity index (χ1) is 10.5. The molecule has 2 rings (SSSR count). The lowest BCUT2D eigenvalue weighted by Crippen LogP contribution is -2.36. The lowest BCUT2D eigenvalue weighted by Gasteiger charge is -2.15. The van der Waals surface area contributed by atoms with E-state index in [0.717, 1.165) is 5.56 Å². The average molecular weight is 303 g/mol. The van der Waals surface area contributed by atoms with Crippen molar-refractivity contribution >= 4 is 11.9 Å². The highest BCUT2D eigenvalue weighted by atomic mass is 16.5. The number of nitrogens with one attached hydrogen (secondary N) is 1. The molecule has 0 aliphatic carbocycles. The van der Waals surface area contributed by atoms with Crippen LogP contribution in [0.2, 0.25) is 0 Å². The van der Waals surface area contributed by atoms with Gasteiger partial charge in [0.15, 0.2) is 6.04 Å². The van der Waals surface area contributed by atoms with E-state index in [1.807, 2.05) is 6.92 Å². The van der Waals surface area contributed by atoms with Crippen molar-refractivity contribution in [3.63, 3.8) is 0 Å². The van der Waals surface area contributed by atoms with E-state index in [4.69, 9.17) is 4.74 Å². The number of rotatable bonds is 6. The molecule has 0 saturated heterocycles. The molecular weight excluding hydrogens is 286 g/mol. The van der Waals surface area contributed by atoms with Crippen LogP contribution in [0.4, 0.5) is 0 Å². The summed E-state index contributed by atoms with van der Waals surface area (Å²) in [6.07, 6.45) is 3.34. The molecule has 1 atom stereocenters. The van der Waals surface area contributed by atoms with Crippen LogP contribution in [0.5, 0.6) is 5.75 Å². The number of carboxylic acids is 1. The average Bonchev–Trinajstić information content (AvgIpc) is 2.89. The number of aromatic nitrogens is 2. The third kappa shape index (κ3) is 3.85. The summed E-state index contributed by atoms with van der Waals surface area (Å²) in [6, 6.07) is 5.39. The maximum absolute atomic E-state index is 12.0. The van der Waals surface area contributed by atoms with E-state index in [9.17, 15) is 14.7 Å². The Hall–Kier alpha value is -2.83. The van der Waals surface area contributed by atoms with Crippen molar-refractivity contribution in [2.45, 2.75) is 19.5 Å². The van der Waals surface area contributed by atoms with Gasteiger partial charge in [0.05, 0.1) is 13.3 Å². The summed E-state index contributed by atoms with van der Waals surface area (Å²) in [5, 5.41) is 15.8. The molecule has 1 aromatic carbocycles. The van der Waals surface area contributed by atoms with E-state index in [2.05, 4.69) is 10.4 Å². The molecule has 0 aliphatic heterocycles. The Balaban J connectivity index is 2.07. The molecular formula is C15H17N3O4. The summed E-state index contributed by atoms with van der Waals surface area (Å²) < 4.78 is 6.48. The van der Waals surface area contributed by atoms with Gasteiger partial charge in [0.25, 0.3) is 0 Å². The Morgan fingerprint density at radius 3 is 2.55 bits per heavy atom. The Kier molecular flexibility index (Phi) is 4.77. The highest BCUT2D eigenvalue weighted by Crippen LogP contribution is 2.18. The van der Waals surface area contributed by atoms with Gasteiger partial charge in [-0.05, 0) is 30.2 Å². The second-order valence-electron chi connectivity index (χ2n) is 4.83. The molecule has 22 heavy (non-hydrogen) atoms. The molecule has 0 bridgehead atoms. The topological polar surface area (TPSA) is 93.5 Å². The lowest BCUT2D eigenvalue weighted by atomic mass is 10.1. The van der Waals surface area contributed by atoms with Crippen LogP contribution in [-0.4, -0.2) is 33.9 Å². The molecule has 1 aromatic heterocycles. The molecule has 7 heteroatoms. The van der Waals surface area contributed by atoms with Crippen LogP contribution in [-0.2, 0) is 16.1 Å². The minimum Gasteiger partial charge on any atom is -0.497 e. The van der Waals surface area contributed by atoms with Crippen molar-refractivity contribution in [2.24, 2.45) is 0 Å². The van der Waals surface area contributed by atoms with Crippen LogP contribution in [0.3, 0.4) is 0 Å². The minimum atomic E-state index is -1.13. The molecule has 116 valence electrons. The minimum absolute atomic E-state index is 0.0340. The highest BCUT2D eigenvalue weighted by molar-refractivity contribution is 5.84. The second kappa shape index (κ2) is 6.75. The van der Waals surface area contributed by atoms with Crippen LogP contribution < -0.4 is 10.1 Å². The fraction of sp³-hybridized carbons (Fsp3) is 0.267. The zero-order valence-corrected chi connectivity index (χ0v) is 12.3. The van der Waals surface area contributed by atoms with E-state index in [-0.39, 0.29) is 6.54 Å². The van der Waals surface area contributed by atoms with Gasteiger partial charge in [-0.1, -0.05) is 12.1 Å². The number of carboxylic acid groups (broad SMARTS) is 1. The van der Waals surface area contributed by atoms with Gasteiger partial charge in [-0.2, -0.15) is 5.10 Å². The molecule has 1 unspecified atom stereocenters. The second-order valence-corrected chi connectivity index (χ2v) is 4.83. The zero-order chi connectivity index (χ0) is 16.1. The van der Waals surface area contributed by atoms with Crippen LogP contribution in [0.15, 0.2) is 36.7 Å². The predicted octanol–water partition coefficient (Wildman–Crippen LogP) is 1.14. The molecule has 0 saturated carbocycles. The number of ether oxygens (including phenoxy) is 1. The molecule has 0 aliphatic rings. The summed E-state index contributed by atoms with van der Waals surface area (Å²) in [6.45, 7) is 1.83. The van der Waals surface area contributed by atoms with Gasteiger partial charge in [0, 0.05) is 6.20 Å². The van der Waals surface area contributed by atoms with Crippen LogP contribution in [0.1, 0.15) is 17.2 Å². The van der Waals surface area contributed by atoms with Gasteiger partial charge >= 0.3 is 5.97 Å². The maximum Gasteiger partial charge on any atom is 0.330 e. The first-order valence-electron chi connectivity index (χ1n) is 6.65. The van der Waals surface area contributed by atoms with E-state index < -0.39 is 17.9 Å². The fourth-order valence-electron chi connectivity index (χ4n) is 1.99. The quantitative estimate of drug-likeness (QED) is 0.834. The third-order valence-corrected chi connectivity index (χ3v) is 3.07. The number of aliphatic carboxylic acids is 1. The molecule has 2 N–H and O–H groups in total. The Bertz CT molecular complexity index is 664. The van der Waals surface area contributed by atoms with Gasteiger partial charge in [0.1, 0.15) is 12.3 Å². The number of carbonyl (C=O) groups is 2. The van der Waals surface area contributed by atoms with Crippen molar-refractivity contribution in [3.05, 3.63) is 47.8 Å². The summed E-state index contributed by atoms with van der Waals surface area (Å²) in [5.41, 5.74) is 1.40. The van der Waals surface area contributed by atoms with E-state index in [1.165, 1.54) is 11.8 Å². The van der Waals surface area contributed by atoms with Gasteiger partial charge in [0.2, 0.25) is 5.91 Å². The molecule has 0 spiro atoms. The number of hydrogen-bond donors (Lipinski definition) is 2. The number of methoxy groups -OCH3 is 1. The van der Waals surface area contributed by atoms with Gasteiger partial charge < -0.3 is 15.2 Å². The van der Waals surface area contributed by atoms with Crippen molar-refractivity contribution in [1.29, 1.82) is 0 Å². The zero-order valence-electron chi connectivity index (χ0n) is 12.3. The number of aryl methyl sites for hydroxylation is 1. The number of nitrogens with zero attached hydrogens (tertiary/aromatic N) is 2. The van der Waals surface area contributed by atoms with Gasteiger partial charge in [-0.15, -0.1) is 0 Å². The predicted molar refractivity (Wildman–Crippen MR) is 78.5 cm³/mol. The summed E-state index contributed by atoms with van der Waals surface area (Å²) in [5.74, 6) is -0.937. The monoisotopic (exact) mass is 303 g/mol. The molecule has 1 heterocycles. The van der Waals surface area contributed by atoms with E-state index in [0.29, 0.717) is 11.3 Å². The molecule has 7 nitrogen and oxygen atoms in total. The van der Waals surface area contributed by atoms with Gasteiger partial charge in [-0.25, -0.2) is 4.79 Å². The number of amides is 1. The molecule has 1 amide bonds. The Morgan fingerprint density at radius 1 is 1.36 bits per heavy atom. The summed E-state index contributed by atoms with van der Waals surface area (Å²) in [4.78, 5) is 23.4. The van der Waals surface area contributed by atoms with Crippen LogP contribution in [0, 0.1) is 6.92 Å². The number of carbonyl (C=O) groups excluding carboxylic acids is 1. The smallest absolute Gasteiger partial charge is 0.330 e. The molecule has 2 aromatic rings. The SMILES string of the molecule is COc1ccc(C(NC(=O)Cn2cc(C)cn2)C(=O)O)cc1. The first kappa shape index (κ1) is 15.6. The normalized spacial score (nSPS) is 11.7. The first-order valence-corrected chi connectivity index (χ1v) is 6.65. The van der Waals surface area contributed by atoms with Crippen molar-refractivity contribution in [2.75, 3.05) is 7.11 Å². The number of benzene rings is 1. The molecule has 0 fully saturated rings. The van der Waals surface area contributed by atoms with E-state index >= 15 is 0 Å². The highest BCUT2D eigenvalue weighted by Gasteiger charge is 2.22. The summed E-state index contributed by atoms with van der Waals surface area (Å²) >= 11 is 0. The van der Waals surface area contributed by atoms with Gasteiger partial charge in [-0.3, -0.25) is 9.48 Å². The maximum atomic E-state index is 12.0. The largest absolute Gasteiger partial charge is 0.497 e. The standard InChI is InChI=1S/C15H17N3O4/c1-10-7-16-18(8-10)9-13(19)17-14(15(20)21)11-3-5-12(22-2)6-4-11/h3-8,14H,9H2,1-2H3,(H,17,19)(H,20,21). The molecule has 0 radical (unpaired) electrons. The number of hydrogen-bond acceptors (Lipinski definition) is 4. The van der Waals surface area contributed by atoms with Crippen molar-refractivity contribution < 1.29 is 19.4 Å². The third-order valence-electron chi connectivity index (χ3n) is 3.07. The van der Waals surface area contributed by atoms with Crippen molar-refractivity contribution in [1.82, 2.24) is 15.1 Å². The lowest BCUT2D eigenvalue weighted by molar-refractivity contribution is -0.142. The fourth-order valence-corrected chi connectivity index (χ4v) is 1.99. The van der Waals surface area contributed by atoms with E-state index in [1.54, 1.807) is 36.7 Å². The summed E-state index contributed by atoms with van der Waals surface area (Å²) in [7, 11) is 1.53. The van der Waals surface area contributed by atoms with Crippen molar-refractivity contribution in [3.8, 4) is 5.75 Å². The van der Waals surface area contributed by atoms with Crippen LogP contribution >= 0.6 is 0 Å².